The molecule has 0 radical (unpaired) electrons. The number of rotatable bonds is 5. The molecule has 1 aromatic heterocycles. The largest absolute Gasteiger partial charge is 0.335 e. The molecule has 1 aliphatic heterocycles. The molecule has 3 rings (SSSR count). The van der Waals surface area contributed by atoms with E-state index in [0.717, 1.165) is 37.2 Å². The highest BCUT2D eigenvalue weighted by Crippen LogP contribution is 2.13. The fourth-order valence-electron chi connectivity index (χ4n) is 3.28. The van der Waals surface area contributed by atoms with Gasteiger partial charge in [0.2, 0.25) is 0 Å². The third kappa shape index (κ3) is 5.08. The summed E-state index contributed by atoms with van der Waals surface area (Å²) in [5.41, 5.74) is 3.25. The van der Waals surface area contributed by atoms with Gasteiger partial charge < -0.3 is 15.1 Å². The second kappa shape index (κ2) is 8.36. The number of benzene rings is 1. The molecule has 0 aliphatic carbocycles. The number of carbonyl (C=O) groups is 1. The lowest BCUT2D eigenvalue weighted by Crippen LogP contribution is -2.48. The summed E-state index contributed by atoms with van der Waals surface area (Å²) in [6, 6.07) is 10.6. The Morgan fingerprint density at radius 3 is 2.46 bits per heavy atom. The van der Waals surface area contributed by atoms with Crippen molar-refractivity contribution in [3.63, 3.8) is 0 Å². The van der Waals surface area contributed by atoms with Crippen LogP contribution in [0.25, 0.3) is 0 Å². The minimum Gasteiger partial charge on any atom is -0.335 e. The van der Waals surface area contributed by atoms with E-state index in [1.807, 2.05) is 24.2 Å². The van der Waals surface area contributed by atoms with Crippen LogP contribution >= 0.6 is 0 Å². The quantitative estimate of drug-likeness (QED) is 0.897. The van der Waals surface area contributed by atoms with E-state index in [1.165, 1.54) is 5.56 Å². The van der Waals surface area contributed by atoms with Crippen LogP contribution in [0.15, 0.2) is 36.5 Å². The predicted octanol–water partition coefficient (Wildman–Crippen LogP) is 2.53. The number of hydrogen-bond acceptors (Lipinski definition) is 3. The standard InChI is InChI=1S/C20H29N5O/c1-16-4-6-17(7-5-16)14-25(15-19-10-13-24(3)22-19)20(26)21-18-8-11-23(2)12-9-18/h4-7,10,13,18H,8-9,11-12,14-15H2,1-3H3,(H,21,26). The van der Waals surface area contributed by atoms with E-state index in [4.69, 9.17) is 0 Å². The van der Waals surface area contributed by atoms with Gasteiger partial charge in [0.15, 0.2) is 0 Å². The van der Waals surface area contributed by atoms with E-state index in [-0.39, 0.29) is 12.1 Å². The number of nitrogens with zero attached hydrogens (tertiary/aromatic N) is 4. The van der Waals surface area contributed by atoms with Gasteiger partial charge in [-0.3, -0.25) is 4.68 Å². The number of amides is 2. The SMILES string of the molecule is Cc1ccc(CN(Cc2ccn(C)n2)C(=O)NC2CCN(C)CC2)cc1. The fraction of sp³-hybridized carbons (Fsp3) is 0.500. The summed E-state index contributed by atoms with van der Waals surface area (Å²) in [5.74, 6) is 0. The van der Waals surface area contributed by atoms with Crippen LogP contribution in [0, 0.1) is 6.92 Å². The van der Waals surface area contributed by atoms with Crippen molar-refractivity contribution in [3.05, 3.63) is 53.3 Å². The molecule has 2 heterocycles. The predicted molar refractivity (Wildman–Crippen MR) is 103 cm³/mol. The van der Waals surface area contributed by atoms with E-state index < -0.39 is 0 Å². The van der Waals surface area contributed by atoms with Crippen LogP contribution in [0.1, 0.15) is 29.7 Å². The molecule has 6 nitrogen and oxygen atoms in total. The van der Waals surface area contributed by atoms with Gasteiger partial charge in [0.05, 0.1) is 12.2 Å². The van der Waals surface area contributed by atoms with Gasteiger partial charge >= 0.3 is 6.03 Å². The van der Waals surface area contributed by atoms with Crippen molar-refractivity contribution in [1.82, 2.24) is 24.9 Å². The van der Waals surface area contributed by atoms with Crippen LogP contribution in [0.4, 0.5) is 4.79 Å². The molecular weight excluding hydrogens is 326 g/mol. The third-order valence-electron chi connectivity index (χ3n) is 4.95. The Morgan fingerprint density at radius 1 is 1.15 bits per heavy atom. The molecule has 0 spiro atoms. The molecule has 0 saturated carbocycles. The van der Waals surface area contributed by atoms with Gasteiger partial charge in [-0.15, -0.1) is 0 Å². The molecule has 2 aromatic rings. The van der Waals surface area contributed by atoms with Crippen molar-refractivity contribution >= 4 is 6.03 Å². The molecule has 1 N–H and O–H groups in total. The summed E-state index contributed by atoms with van der Waals surface area (Å²) in [4.78, 5) is 17.1. The van der Waals surface area contributed by atoms with Gasteiger partial charge in [-0.05, 0) is 51.5 Å². The number of likely N-dealkylation sites (tertiary alicyclic amines) is 1. The molecule has 0 bridgehead atoms. The molecule has 2 amide bonds. The Bertz CT molecular complexity index is 716. The van der Waals surface area contributed by atoms with E-state index in [9.17, 15) is 4.79 Å². The van der Waals surface area contributed by atoms with Crippen LogP contribution in [-0.2, 0) is 20.1 Å². The molecule has 26 heavy (non-hydrogen) atoms. The van der Waals surface area contributed by atoms with Crippen molar-refractivity contribution in [1.29, 1.82) is 0 Å². The van der Waals surface area contributed by atoms with E-state index in [0.29, 0.717) is 13.1 Å². The Balaban J connectivity index is 1.68. The summed E-state index contributed by atoms with van der Waals surface area (Å²) >= 11 is 0. The highest BCUT2D eigenvalue weighted by molar-refractivity contribution is 5.74. The number of urea groups is 1. The fourth-order valence-corrected chi connectivity index (χ4v) is 3.28. The van der Waals surface area contributed by atoms with Gasteiger partial charge in [-0.25, -0.2) is 4.79 Å². The zero-order valence-corrected chi connectivity index (χ0v) is 16.0. The highest BCUT2D eigenvalue weighted by atomic mass is 16.2. The first-order valence-electron chi connectivity index (χ1n) is 9.27. The van der Waals surface area contributed by atoms with Gasteiger partial charge in [0, 0.05) is 25.8 Å². The first kappa shape index (κ1) is 18.5. The number of piperidine rings is 1. The molecule has 1 fully saturated rings. The van der Waals surface area contributed by atoms with Crippen LogP contribution in [-0.4, -0.2) is 51.8 Å². The van der Waals surface area contributed by atoms with Crippen LogP contribution < -0.4 is 5.32 Å². The summed E-state index contributed by atoms with van der Waals surface area (Å²) in [6.07, 6.45) is 3.92. The summed E-state index contributed by atoms with van der Waals surface area (Å²) in [5, 5.41) is 7.66. The van der Waals surface area contributed by atoms with Crippen molar-refractivity contribution in [3.8, 4) is 0 Å². The molecule has 0 unspecified atom stereocenters. The van der Waals surface area contributed by atoms with Crippen molar-refractivity contribution in [2.24, 2.45) is 7.05 Å². The molecule has 1 aliphatic rings. The lowest BCUT2D eigenvalue weighted by Gasteiger charge is -2.31. The van der Waals surface area contributed by atoms with E-state index in [1.54, 1.807) is 4.68 Å². The highest BCUT2D eigenvalue weighted by Gasteiger charge is 2.22. The Kier molecular flexibility index (Phi) is 5.93. The van der Waals surface area contributed by atoms with Crippen molar-refractivity contribution < 1.29 is 4.79 Å². The Hall–Kier alpha value is -2.34. The molecular formula is C20H29N5O. The first-order valence-corrected chi connectivity index (χ1v) is 9.27. The maximum absolute atomic E-state index is 12.9. The number of carbonyl (C=O) groups excluding carboxylic acids is 1. The lowest BCUT2D eigenvalue weighted by molar-refractivity contribution is 0.175. The molecule has 1 saturated heterocycles. The minimum absolute atomic E-state index is 0.00854. The van der Waals surface area contributed by atoms with Crippen LogP contribution in [0.3, 0.4) is 0 Å². The van der Waals surface area contributed by atoms with E-state index >= 15 is 0 Å². The zero-order valence-electron chi connectivity index (χ0n) is 16.0. The minimum atomic E-state index is -0.00854. The number of aromatic nitrogens is 2. The molecule has 6 heteroatoms. The summed E-state index contributed by atoms with van der Waals surface area (Å²) < 4.78 is 1.77. The summed E-state index contributed by atoms with van der Waals surface area (Å²) in [7, 11) is 4.02. The van der Waals surface area contributed by atoms with Crippen LogP contribution in [0.5, 0.6) is 0 Å². The van der Waals surface area contributed by atoms with Gasteiger partial charge in [-0.2, -0.15) is 5.10 Å². The topological polar surface area (TPSA) is 53.4 Å². The number of nitrogens with one attached hydrogen (secondary N) is 1. The van der Waals surface area contributed by atoms with Crippen molar-refractivity contribution in [2.45, 2.75) is 38.9 Å². The first-order chi connectivity index (χ1) is 12.5. The smallest absolute Gasteiger partial charge is 0.318 e. The number of aryl methyl sites for hydroxylation is 2. The third-order valence-corrected chi connectivity index (χ3v) is 4.95. The monoisotopic (exact) mass is 355 g/mol. The average molecular weight is 355 g/mol. The Morgan fingerprint density at radius 2 is 1.85 bits per heavy atom. The maximum atomic E-state index is 12.9. The van der Waals surface area contributed by atoms with Crippen molar-refractivity contribution in [2.75, 3.05) is 20.1 Å². The second-order valence-corrected chi connectivity index (χ2v) is 7.35. The zero-order chi connectivity index (χ0) is 18.5. The van der Waals surface area contributed by atoms with Gasteiger partial charge in [0.1, 0.15) is 0 Å². The molecule has 0 atom stereocenters. The molecule has 1 aromatic carbocycles. The second-order valence-electron chi connectivity index (χ2n) is 7.35. The normalized spacial score (nSPS) is 15.8. The molecule has 140 valence electrons. The maximum Gasteiger partial charge on any atom is 0.318 e. The lowest BCUT2D eigenvalue weighted by atomic mass is 10.1. The van der Waals surface area contributed by atoms with Gasteiger partial charge in [0.25, 0.3) is 0 Å². The Labute approximate surface area is 155 Å². The summed E-state index contributed by atoms with van der Waals surface area (Å²) in [6.45, 7) is 5.22. The van der Waals surface area contributed by atoms with Gasteiger partial charge in [-0.1, -0.05) is 29.8 Å². The average Bonchev–Trinajstić information content (AvgIpc) is 3.03. The number of hydrogen-bond donors (Lipinski definition) is 1. The van der Waals surface area contributed by atoms with Crippen LogP contribution in [0.2, 0.25) is 0 Å². The van der Waals surface area contributed by atoms with E-state index in [2.05, 4.69) is 53.6 Å².